The summed E-state index contributed by atoms with van der Waals surface area (Å²) in [5, 5.41) is 52.5. The number of hydrogen-bond acceptors (Lipinski definition) is 9. The fourth-order valence-electron chi connectivity index (χ4n) is 8.70. The van der Waals surface area contributed by atoms with Gasteiger partial charge in [0.2, 0.25) is 0 Å². The van der Waals surface area contributed by atoms with Crippen molar-refractivity contribution < 1.29 is 44.5 Å². The first-order valence-electron chi connectivity index (χ1n) is 20.6. The van der Waals surface area contributed by atoms with Crippen LogP contribution >= 0.6 is 0 Å². The van der Waals surface area contributed by atoms with Gasteiger partial charge in [-0.25, -0.2) is 0 Å². The fourth-order valence-corrected chi connectivity index (χ4v) is 8.70. The number of hydrogen-bond donors (Lipinski definition) is 5. The van der Waals surface area contributed by atoms with Crippen LogP contribution in [0, 0.1) is 0 Å². The molecule has 4 heterocycles. The first-order chi connectivity index (χ1) is 26.9. The molecule has 0 unspecified atom stereocenters. The van der Waals surface area contributed by atoms with Crippen LogP contribution in [0.3, 0.4) is 0 Å². The molecule has 4 aromatic rings. The van der Waals surface area contributed by atoms with Gasteiger partial charge in [-0.05, 0) is 78.8 Å². The molecule has 320 valence electrons. The molecule has 4 aliphatic rings. The van der Waals surface area contributed by atoms with Crippen LogP contribution in [0.15, 0.2) is 48.5 Å². The Kier molecular flexibility index (Phi) is 10.5. The van der Waals surface area contributed by atoms with Gasteiger partial charge >= 0.3 is 0 Å². The van der Waals surface area contributed by atoms with Crippen molar-refractivity contribution in [2.24, 2.45) is 0 Å². The molecular weight excluding hydrogens is 745 g/mol. The lowest BCUT2D eigenvalue weighted by molar-refractivity contribution is 0.102. The molecule has 0 aliphatic carbocycles. The molecule has 4 aromatic carbocycles. The lowest BCUT2D eigenvalue weighted by Crippen LogP contribution is -2.32. The average molecular weight is 811 g/mol. The maximum Gasteiger partial charge on any atom is 0.131 e. The smallest absolute Gasteiger partial charge is 0.131 e. The van der Waals surface area contributed by atoms with E-state index in [0.717, 1.165) is 44.9 Å². The third kappa shape index (κ3) is 7.64. The molecule has 5 N–H and O–H groups in total. The van der Waals surface area contributed by atoms with Crippen LogP contribution in [-0.4, -0.2) is 57.6 Å². The first-order valence-corrected chi connectivity index (χ1v) is 20.6. The number of phenols is 4. The van der Waals surface area contributed by atoms with E-state index in [9.17, 15) is 20.4 Å². The number of phenolic OH excluding ortho intramolecular Hbond substituents is 4. The monoisotopic (exact) mass is 810 g/mol. The van der Waals surface area contributed by atoms with Gasteiger partial charge in [0.1, 0.15) is 83.3 Å². The van der Waals surface area contributed by atoms with Gasteiger partial charge in [-0.15, -0.1) is 0 Å². The zero-order valence-corrected chi connectivity index (χ0v) is 37.8. The summed E-state index contributed by atoms with van der Waals surface area (Å²) in [6.07, 6.45) is 0. The van der Waals surface area contributed by atoms with E-state index >= 15 is 0 Å². The Hall–Kier alpha value is -4.76. The predicted molar refractivity (Wildman–Crippen MR) is 233 cm³/mol. The minimum atomic E-state index is -0.776. The molecule has 0 bridgehead atoms. The van der Waals surface area contributed by atoms with E-state index in [4.69, 9.17) is 24.1 Å². The Bertz CT molecular complexity index is 2110. The Labute approximate surface area is 351 Å². The number of aliphatic hydroxyl groups is 1. The number of aromatic hydroxyl groups is 4. The van der Waals surface area contributed by atoms with Crippen LogP contribution in [-0.2, 0) is 32.5 Å². The van der Waals surface area contributed by atoms with E-state index in [1.54, 1.807) is 45.0 Å². The molecule has 0 saturated heterocycles. The SMILES string of the molecule is CC(C)(C)O.CC(C)(C)c1cc(C(C)(C)C)c2c(c1O)C1(CO2)COc2c(C(C)(C)C)cc(C(C)(C)C)c(O)c21.Oc1cccc2c1C1(CO2)COc2cccc(O)c21. The maximum absolute atomic E-state index is 11.8. The van der Waals surface area contributed by atoms with E-state index in [2.05, 4.69) is 95.2 Å². The summed E-state index contributed by atoms with van der Waals surface area (Å²) < 4.78 is 24.3. The quantitative estimate of drug-likeness (QED) is 0.117. The summed E-state index contributed by atoms with van der Waals surface area (Å²) in [4.78, 5) is 0. The highest BCUT2D eigenvalue weighted by Crippen LogP contribution is 2.62. The lowest BCUT2D eigenvalue weighted by Gasteiger charge is -2.32. The maximum atomic E-state index is 11.8. The second-order valence-electron chi connectivity index (χ2n) is 21.8. The van der Waals surface area contributed by atoms with Gasteiger partial charge in [0.05, 0.1) is 27.9 Å². The van der Waals surface area contributed by atoms with Gasteiger partial charge in [-0.2, -0.15) is 0 Å². The van der Waals surface area contributed by atoms with Crippen molar-refractivity contribution in [3.05, 3.63) is 93.0 Å². The minimum Gasteiger partial charge on any atom is -0.507 e. The van der Waals surface area contributed by atoms with Gasteiger partial charge in [0, 0.05) is 22.3 Å². The Balaban J connectivity index is 0.000000202. The number of fused-ring (bicyclic) bond motifs is 8. The summed E-state index contributed by atoms with van der Waals surface area (Å²) in [5.74, 6) is 3.64. The van der Waals surface area contributed by atoms with Crippen LogP contribution in [0.25, 0.3) is 0 Å². The zero-order valence-electron chi connectivity index (χ0n) is 37.8. The molecular formula is C50H66O9. The molecule has 2 spiro atoms. The molecule has 4 aliphatic heterocycles. The van der Waals surface area contributed by atoms with Gasteiger partial charge in [0.15, 0.2) is 0 Å². The first kappa shape index (κ1) is 43.8. The van der Waals surface area contributed by atoms with Crippen LogP contribution in [0.4, 0.5) is 0 Å². The van der Waals surface area contributed by atoms with Gasteiger partial charge in [-0.3, -0.25) is 0 Å². The number of benzene rings is 4. The van der Waals surface area contributed by atoms with E-state index in [1.807, 2.05) is 12.1 Å². The van der Waals surface area contributed by atoms with Crippen molar-refractivity contribution >= 4 is 0 Å². The van der Waals surface area contributed by atoms with Gasteiger partial charge in [-0.1, -0.05) is 95.2 Å². The Morgan fingerprint density at radius 2 is 0.712 bits per heavy atom. The summed E-state index contributed by atoms with van der Waals surface area (Å²) in [5.41, 5.74) is 4.07. The molecule has 0 aromatic heterocycles. The fraction of sp³-hybridized carbons (Fsp3) is 0.520. The average Bonchev–Trinajstić information content (AvgIpc) is 3.85. The van der Waals surface area contributed by atoms with E-state index in [0.29, 0.717) is 49.1 Å². The summed E-state index contributed by atoms with van der Waals surface area (Å²) >= 11 is 0. The van der Waals surface area contributed by atoms with Crippen molar-refractivity contribution in [2.75, 3.05) is 26.4 Å². The van der Waals surface area contributed by atoms with Crippen molar-refractivity contribution in [3.63, 3.8) is 0 Å². The largest absolute Gasteiger partial charge is 0.507 e. The number of ether oxygens (including phenoxy) is 4. The van der Waals surface area contributed by atoms with E-state index in [1.165, 1.54) is 0 Å². The molecule has 0 radical (unpaired) electrons. The van der Waals surface area contributed by atoms with Crippen molar-refractivity contribution in [3.8, 4) is 46.0 Å². The van der Waals surface area contributed by atoms with Crippen molar-refractivity contribution in [2.45, 2.75) is 142 Å². The highest BCUT2D eigenvalue weighted by molar-refractivity contribution is 5.73. The van der Waals surface area contributed by atoms with Crippen molar-refractivity contribution in [1.82, 2.24) is 0 Å². The molecule has 9 nitrogen and oxygen atoms in total. The standard InChI is InChI=1S/C31H44O4.C15H12O4.C4H10O/c1-27(2,3)17-13-19(29(7,8)9)25-21(23(17)32)31(15-34-25)16-35-26-20(30(10,11)12)14-18(28(4,5)6)24(33)22(26)31;16-9-3-1-5-11-13(9)15(7-18-11)8-19-12-6-2-4-10(17)14(12)15;1-4(2,3)5/h13-14,32-33H,15-16H2,1-12H3;1-6,16-17H,7-8H2;5H,1-3H3. The lowest BCUT2D eigenvalue weighted by atomic mass is 9.69. The zero-order chi connectivity index (χ0) is 44.1. The highest BCUT2D eigenvalue weighted by Gasteiger charge is 2.56. The molecule has 8 rings (SSSR count). The van der Waals surface area contributed by atoms with E-state index < -0.39 is 16.4 Å². The summed E-state index contributed by atoms with van der Waals surface area (Å²) in [6, 6.07) is 14.6. The molecule has 59 heavy (non-hydrogen) atoms. The molecule has 0 saturated carbocycles. The van der Waals surface area contributed by atoms with Crippen LogP contribution in [0.2, 0.25) is 0 Å². The van der Waals surface area contributed by atoms with E-state index in [-0.39, 0.29) is 44.7 Å². The molecule has 0 fully saturated rings. The normalized spacial score (nSPS) is 16.9. The topological polar surface area (TPSA) is 138 Å². The van der Waals surface area contributed by atoms with Crippen LogP contribution in [0.5, 0.6) is 46.0 Å². The van der Waals surface area contributed by atoms with Gasteiger partial charge < -0.3 is 44.5 Å². The Morgan fingerprint density at radius 1 is 0.424 bits per heavy atom. The summed E-state index contributed by atoms with van der Waals surface area (Å²) in [6.45, 7) is 32.4. The Morgan fingerprint density at radius 3 is 1.02 bits per heavy atom. The molecule has 0 atom stereocenters. The van der Waals surface area contributed by atoms with Gasteiger partial charge in [0.25, 0.3) is 0 Å². The number of rotatable bonds is 0. The minimum absolute atomic E-state index is 0.176. The van der Waals surface area contributed by atoms with Crippen LogP contribution in [0.1, 0.15) is 148 Å². The highest BCUT2D eigenvalue weighted by atomic mass is 16.5. The molecule has 0 amide bonds. The third-order valence-electron chi connectivity index (χ3n) is 11.5. The second kappa shape index (κ2) is 14.2. The van der Waals surface area contributed by atoms with Crippen LogP contribution < -0.4 is 18.9 Å². The predicted octanol–water partition coefficient (Wildman–Crippen LogP) is 10.3. The van der Waals surface area contributed by atoms with Crippen molar-refractivity contribution in [1.29, 1.82) is 0 Å². The third-order valence-corrected chi connectivity index (χ3v) is 11.5. The summed E-state index contributed by atoms with van der Waals surface area (Å²) in [7, 11) is 0. The molecule has 9 heteroatoms. The second-order valence-corrected chi connectivity index (χ2v) is 21.8.